The zero-order valence-corrected chi connectivity index (χ0v) is 19.2. The van der Waals surface area contributed by atoms with Gasteiger partial charge in [0.1, 0.15) is 6.04 Å². The van der Waals surface area contributed by atoms with Crippen LogP contribution in [0.2, 0.25) is 0 Å². The SMILES string of the molecule is CC(C)C[C@@H](/C=C/S(C)(=O)=O)NC(=O)[C@H](Cc1ccccc1)NC(=O)C1CNCCN1. The number of nitrogens with one attached hydrogen (secondary N) is 4. The van der Waals surface area contributed by atoms with Crippen LogP contribution in [0.1, 0.15) is 25.8 Å². The van der Waals surface area contributed by atoms with Crippen LogP contribution in [-0.4, -0.2) is 64.2 Å². The van der Waals surface area contributed by atoms with E-state index in [4.69, 9.17) is 0 Å². The first kappa shape index (κ1) is 25.0. The zero-order chi connectivity index (χ0) is 22.9. The Labute approximate surface area is 185 Å². The van der Waals surface area contributed by atoms with Gasteiger partial charge in [-0.25, -0.2) is 8.42 Å². The van der Waals surface area contributed by atoms with Crippen LogP contribution in [0.15, 0.2) is 41.8 Å². The first-order chi connectivity index (χ1) is 14.6. The fraction of sp³-hybridized carbons (Fsp3) is 0.545. The van der Waals surface area contributed by atoms with Gasteiger partial charge in [0.05, 0.1) is 6.04 Å². The van der Waals surface area contributed by atoms with Gasteiger partial charge in [-0.3, -0.25) is 9.59 Å². The Kier molecular flexibility index (Phi) is 9.67. The normalized spacial score (nSPS) is 19.2. The van der Waals surface area contributed by atoms with Gasteiger partial charge < -0.3 is 21.3 Å². The molecule has 1 aliphatic rings. The lowest BCUT2D eigenvalue weighted by Gasteiger charge is -2.27. The van der Waals surface area contributed by atoms with Crippen LogP contribution in [0.3, 0.4) is 0 Å². The minimum Gasteiger partial charge on any atom is -0.348 e. The molecule has 1 fully saturated rings. The molecule has 1 aliphatic heterocycles. The van der Waals surface area contributed by atoms with E-state index >= 15 is 0 Å². The molecular formula is C22H34N4O4S. The van der Waals surface area contributed by atoms with E-state index in [2.05, 4.69) is 21.3 Å². The third-order valence-electron chi connectivity index (χ3n) is 4.88. The summed E-state index contributed by atoms with van der Waals surface area (Å²) in [6.45, 7) is 5.97. The summed E-state index contributed by atoms with van der Waals surface area (Å²) in [6, 6.07) is 7.83. The second-order valence-electron chi connectivity index (χ2n) is 8.36. The number of hydrogen-bond donors (Lipinski definition) is 4. The van der Waals surface area contributed by atoms with Crippen molar-refractivity contribution in [2.75, 3.05) is 25.9 Å². The van der Waals surface area contributed by atoms with Crippen molar-refractivity contribution in [2.24, 2.45) is 5.92 Å². The molecule has 3 atom stereocenters. The van der Waals surface area contributed by atoms with E-state index in [1.54, 1.807) is 0 Å². The molecule has 0 spiro atoms. The number of benzene rings is 1. The monoisotopic (exact) mass is 450 g/mol. The van der Waals surface area contributed by atoms with Crippen molar-refractivity contribution in [2.45, 2.75) is 44.8 Å². The van der Waals surface area contributed by atoms with Crippen LogP contribution >= 0.6 is 0 Å². The van der Waals surface area contributed by atoms with E-state index in [1.165, 1.54) is 6.08 Å². The highest BCUT2D eigenvalue weighted by atomic mass is 32.2. The topological polar surface area (TPSA) is 116 Å². The summed E-state index contributed by atoms with van der Waals surface area (Å²) < 4.78 is 23.1. The smallest absolute Gasteiger partial charge is 0.243 e. The van der Waals surface area contributed by atoms with Gasteiger partial charge in [0.15, 0.2) is 9.84 Å². The van der Waals surface area contributed by atoms with Gasteiger partial charge >= 0.3 is 0 Å². The maximum Gasteiger partial charge on any atom is 0.243 e. The van der Waals surface area contributed by atoms with Gasteiger partial charge in [-0.1, -0.05) is 50.3 Å². The molecule has 1 unspecified atom stereocenters. The summed E-state index contributed by atoms with van der Waals surface area (Å²) in [7, 11) is -3.31. The highest BCUT2D eigenvalue weighted by molar-refractivity contribution is 7.93. The highest BCUT2D eigenvalue weighted by Gasteiger charge is 2.27. The molecule has 0 aromatic heterocycles. The Morgan fingerprint density at radius 3 is 2.45 bits per heavy atom. The predicted molar refractivity (Wildman–Crippen MR) is 122 cm³/mol. The van der Waals surface area contributed by atoms with Crippen molar-refractivity contribution in [3.05, 3.63) is 47.4 Å². The number of sulfone groups is 1. The average molecular weight is 451 g/mol. The molecule has 4 N–H and O–H groups in total. The number of piperazine rings is 1. The van der Waals surface area contributed by atoms with Crippen molar-refractivity contribution in [3.63, 3.8) is 0 Å². The molecule has 9 heteroatoms. The quantitative estimate of drug-likeness (QED) is 0.409. The first-order valence-electron chi connectivity index (χ1n) is 10.6. The summed E-state index contributed by atoms with van der Waals surface area (Å²) >= 11 is 0. The minimum absolute atomic E-state index is 0.240. The van der Waals surface area contributed by atoms with Crippen LogP contribution in [0, 0.1) is 5.92 Å². The lowest BCUT2D eigenvalue weighted by atomic mass is 10.0. The van der Waals surface area contributed by atoms with Crippen molar-refractivity contribution >= 4 is 21.7 Å². The molecule has 0 aliphatic carbocycles. The second kappa shape index (κ2) is 12.0. The number of hydrogen-bond acceptors (Lipinski definition) is 6. The van der Waals surface area contributed by atoms with Crippen LogP contribution in [0.25, 0.3) is 0 Å². The second-order valence-corrected chi connectivity index (χ2v) is 10.3. The summed E-state index contributed by atoms with van der Waals surface area (Å²) in [5.41, 5.74) is 0.921. The molecule has 0 saturated carbocycles. The molecule has 1 aromatic carbocycles. The Morgan fingerprint density at radius 1 is 1.16 bits per heavy atom. The van der Waals surface area contributed by atoms with Crippen LogP contribution in [0.5, 0.6) is 0 Å². The highest BCUT2D eigenvalue weighted by Crippen LogP contribution is 2.09. The number of amides is 2. The lowest BCUT2D eigenvalue weighted by molar-refractivity contribution is -0.130. The molecule has 2 rings (SSSR count). The molecule has 31 heavy (non-hydrogen) atoms. The van der Waals surface area contributed by atoms with Crippen molar-refractivity contribution in [1.29, 1.82) is 0 Å². The van der Waals surface area contributed by atoms with Crippen molar-refractivity contribution < 1.29 is 18.0 Å². The molecule has 172 valence electrons. The van der Waals surface area contributed by atoms with E-state index in [1.807, 2.05) is 44.2 Å². The van der Waals surface area contributed by atoms with Gasteiger partial charge in [-0.15, -0.1) is 0 Å². The van der Waals surface area contributed by atoms with Crippen molar-refractivity contribution in [1.82, 2.24) is 21.3 Å². The van der Waals surface area contributed by atoms with E-state index < -0.39 is 28.0 Å². The Balaban J connectivity index is 2.15. The van der Waals surface area contributed by atoms with Gasteiger partial charge in [-0.2, -0.15) is 0 Å². The van der Waals surface area contributed by atoms with E-state index in [-0.39, 0.29) is 17.7 Å². The standard InChI is InChI=1S/C22H34N4O4S/c1-16(2)13-18(9-12-31(3,29)30)25-21(27)19(14-17-7-5-4-6-8-17)26-22(28)20-15-23-10-11-24-20/h4-9,12,16,18-20,23-24H,10-11,13-15H2,1-3H3,(H,25,27)(H,26,28)/b12-9+/t18-,19+,20?/m1/s1. The van der Waals surface area contributed by atoms with Gasteiger partial charge in [-0.05, 0) is 17.9 Å². The molecule has 8 nitrogen and oxygen atoms in total. The number of carbonyl (C=O) groups excluding carboxylic acids is 2. The van der Waals surface area contributed by atoms with Crippen LogP contribution in [-0.2, 0) is 25.8 Å². The van der Waals surface area contributed by atoms with Crippen molar-refractivity contribution in [3.8, 4) is 0 Å². The van der Waals surface area contributed by atoms with Gasteiger partial charge in [0, 0.05) is 43.8 Å². The molecule has 1 aromatic rings. The summed E-state index contributed by atoms with van der Waals surface area (Å²) in [4.78, 5) is 25.9. The third kappa shape index (κ3) is 9.63. The fourth-order valence-electron chi connectivity index (χ4n) is 3.38. The fourth-order valence-corrected chi connectivity index (χ4v) is 3.86. The Bertz CT molecular complexity index is 850. The third-order valence-corrected chi connectivity index (χ3v) is 5.54. The molecule has 1 heterocycles. The molecule has 1 saturated heterocycles. The predicted octanol–water partition coefficient (Wildman–Crippen LogP) is 0.365. The molecule has 0 radical (unpaired) electrons. The Morgan fingerprint density at radius 2 is 1.87 bits per heavy atom. The first-order valence-corrected chi connectivity index (χ1v) is 12.6. The van der Waals surface area contributed by atoms with E-state index in [9.17, 15) is 18.0 Å². The zero-order valence-electron chi connectivity index (χ0n) is 18.4. The number of carbonyl (C=O) groups is 2. The Hall–Kier alpha value is -2.23. The largest absolute Gasteiger partial charge is 0.348 e. The van der Waals surface area contributed by atoms with E-state index in [0.29, 0.717) is 25.9 Å². The summed E-state index contributed by atoms with van der Waals surface area (Å²) in [5, 5.41) is 13.2. The maximum atomic E-state index is 13.1. The molecule has 2 amide bonds. The average Bonchev–Trinajstić information content (AvgIpc) is 2.72. The van der Waals surface area contributed by atoms with Crippen LogP contribution < -0.4 is 21.3 Å². The maximum absolute atomic E-state index is 13.1. The number of rotatable bonds is 10. The molecule has 0 bridgehead atoms. The minimum atomic E-state index is -3.31. The van der Waals surface area contributed by atoms with Gasteiger partial charge in [0.25, 0.3) is 0 Å². The van der Waals surface area contributed by atoms with Gasteiger partial charge in [0.2, 0.25) is 11.8 Å². The van der Waals surface area contributed by atoms with Crippen LogP contribution in [0.4, 0.5) is 0 Å². The summed E-state index contributed by atoms with van der Waals surface area (Å²) in [5.74, 6) is -0.339. The summed E-state index contributed by atoms with van der Waals surface area (Å²) in [6.07, 6.45) is 3.53. The van der Waals surface area contributed by atoms with E-state index in [0.717, 1.165) is 23.8 Å². The molecular weight excluding hydrogens is 416 g/mol. The lowest BCUT2D eigenvalue weighted by Crippen LogP contribution is -2.59.